The van der Waals surface area contributed by atoms with E-state index in [-0.39, 0.29) is 11.2 Å². The van der Waals surface area contributed by atoms with Crippen molar-refractivity contribution < 1.29 is 4.79 Å². The number of rotatable bonds is 2. The highest BCUT2D eigenvalue weighted by Crippen LogP contribution is 2.16. The number of hydrogen-bond acceptors (Lipinski definition) is 2. The summed E-state index contributed by atoms with van der Waals surface area (Å²) >= 11 is 4.34. The van der Waals surface area contributed by atoms with E-state index >= 15 is 0 Å². The molecule has 0 bridgehead atoms. The number of nitrogens with zero attached hydrogens (tertiary/aromatic N) is 1. The number of likely N-dealkylation sites (tertiary alicyclic amines) is 1. The molecule has 1 fully saturated rings. The second-order valence-corrected chi connectivity index (χ2v) is 4.63. The first kappa shape index (κ1) is 10.9. The molecule has 1 atom stereocenters. The Morgan fingerprint density at radius 2 is 1.77 bits per heavy atom. The van der Waals surface area contributed by atoms with Crippen molar-refractivity contribution in [1.82, 2.24) is 4.90 Å². The normalized spacial score (nSPS) is 20.5. The van der Waals surface area contributed by atoms with Crippen LogP contribution in [-0.2, 0) is 4.79 Å². The third-order valence-electron chi connectivity index (χ3n) is 2.55. The number of carbonyl (C=O) groups is 1. The molecule has 1 aliphatic rings. The topological polar surface area (TPSA) is 20.3 Å². The second kappa shape index (κ2) is 4.89. The predicted octanol–water partition coefficient (Wildman–Crippen LogP) is 1.95. The highest BCUT2D eigenvalue weighted by Gasteiger charge is 2.24. The minimum absolute atomic E-state index is 0.113. The van der Waals surface area contributed by atoms with E-state index < -0.39 is 0 Å². The summed E-state index contributed by atoms with van der Waals surface area (Å²) in [5, 5.41) is -0.113. The predicted molar refractivity (Wildman–Crippen MR) is 58.0 cm³/mol. The number of piperidine rings is 1. The fraction of sp³-hybridized carbons (Fsp3) is 0.900. The Morgan fingerprint density at radius 3 is 2.23 bits per heavy atom. The number of thiol groups is 1. The molecule has 1 rings (SSSR count). The first-order chi connectivity index (χ1) is 6.13. The summed E-state index contributed by atoms with van der Waals surface area (Å²) in [6.07, 6.45) is 3.58. The van der Waals surface area contributed by atoms with Crippen LogP contribution >= 0.6 is 12.6 Å². The highest BCUT2D eigenvalue weighted by molar-refractivity contribution is 7.81. The van der Waals surface area contributed by atoms with Crippen molar-refractivity contribution in [1.29, 1.82) is 0 Å². The van der Waals surface area contributed by atoms with Gasteiger partial charge in [-0.1, -0.05) is 13.8 Å². The summed E-state index contributed by atoms with van der Waals surface area (Å²) in [6.45, 7) is 5.95. The standard InChI is InChI=1S/C10H19NOS/c1-8(2)9(13)10(12)11-6-4-3-5-7-11/h8-9,13H,3-7H2,1-2H3. The lowest BCUT2D eigenvalue weighted by Gasteiger charge is -2.30. The van der Waals surface area contributed by atoms with E-state index in [2.05, 4.69) is 12.6 Å². The van der Waals surface area contributed by atoms with Crippen LogP contribution in [0.5, 0.6) is 0 Å². The molecule has 0 N–H and O–H groups in total. The van der Waals surface area contributed by atoms with E-state index in [1.807, 2.05) is 18.7 Å². The van der Waals surface area contributed by atoms with E-state index in [4.69, 9.17) is 0 Å². The Bertz CT molecular complexity index is 176. The van der Waals surface area contributed by atoms with Crippen molar-refractivity contribution in [2.75, 3.05) is 13.1 Å². The van der Waals surface area contributed by atoms with E-state index in [1.54, 1.807) is 0 Å². The van der Waals surface area contributed by atoms with Crippen LogP contribution in [0.25, 0.3) is 0 Å². The van der Waals surface area contributed by atoms with Gasteiger partial charge in [0.25, 0.3) is 0 Å². The smallest absolute Gasteiger partial charge is 0.235 e. The van der Waals surface area contributed by atoms with Gasteiger partial charge in [0, 0.05) is 13.1 Å². The lowest BCUT2D eigenvalue weighted by molar-refractivity contribution is -0.132. The van der Waals surface area contributed by atoms with Gasteiger partial charge in [0.05, 0.1) is 5.25 Å². The summed E-state index contributed by atoms with van der Waals surface area (Å²) in [5.74, 6) is 0.552. The molecular formula is C10H19NOS. The van der Waals surface area contributed by atoms with Crippen LogP contribution < -0.4 is 0 Å². The van der Waals surface area contributed by atoms with Crippen LogP contribution in [-0.4, -0.2) is 29.1 Å². The molecule has 0 aliphatic carbocycles. The molecule has 0 radical (unpaired) electrons. The average molecular weight is 201 g/mol. The molecule has 0 aromatic heterocycles. The van der Waals surface area contributed by atoms with Crippen LogP contribution in [0.4, 0.5) is 0 Å². The fourth-order valence-electron chi connectivity index (χ4n) is 1.59. The Kier molecular flexibility index (Phi) is 4.10. The molecule has 0 spiro atoms. The van der Waals surface area contributed by atoms with Gasteiger partial charge in [0.2, 0.25) is 5.91 Å². The Labute approximate surface area is 86.1 Å². The minimum Gasteiger partial charge on any atom is -0.342 e. The number of carbonyl (C=O) groups excluding carboxylic acids is 1. The van der Waals surface area contributed by atoms with Gasteiger partial charge >= 0.3 is 0 Å². The summed E-state index contributed by atoms with van der Waals surface area (Å²) in [6, 6.07) is 0. The van der Waals surface area contributed by atoms with Gasteiger partial charge in [0.1, 0.15) is 0 Å². The van der Waals surface area contributed by atoms with E-state index in [0.29, 0.717) is 5.92 Å². The van der Waals surface area contributed by atoms with Crippen LogP contribution in [0.15, 0.2) is 0 Å². The molecule has 76 valence electrons. The summed E-state index contributed by atoms with van der Waals surface area (Å²) in [7, 11) is 0. The van der Waals surface area contributed by atoms with Gasteiger partial charge in [-0.3, -0.25) is 4.79 Å². The quantitative estimate of drug-likeness (QED) is 0.677. The molecule has 3 heteroatoms. The average Bonchev–Trinajstić information content (AvgIpc) is 2.17. The van der Waals surface area contributed by atoms with Gasteiger partial charge in [-0.25, -0.2) is 0 Å². The second-order valence-electron chi connectivity index (χ2n) is 4.07. The zero-order chi connectivity index (χ0) is 9.84. The van der Waals surface area contributed by atoms with Gasteiger partial charge < -0.3 is 4.90 Å². The zero-order valence-corrected chi connectivity index (χ0v) is 9.39. The molecule has 13 heavy (non-hydrogen) atoms. The third-order valence-corrected chi connectivity index (χ3v) is 3.37. The highest BCUT2D eigenvalue weighted by atomic mass is 32.1. The third kappa shape index (κ3) is 2.90. The summed E-state index contributed by atoms with van der Waals surface area (Å²) in [5.41, 5.74) is 0. The van der Waals surface area contributed by atoms with Crippen LogP contribution in [0.2, 0.25) is 0 Å². The minimum atomic E-state index is -0.113. The monoisotopic (exact) mass is 201 g/mol. The van der Waals surface area contributed by atoms with Crippen molar-refractivity contribution in [2.45, 2.75) is 38.4 Å². The molecule has 1 unspecified atom stereocenters. The number of hydrogen-bond donors (Lipinski definition) is 1. The van der Waals surface area contributed by atoms with Gasteiger partial charge in [0.15, 0.2) is 0 Å². The first-order valence-electron chi connectivity index (χ1n) is 5.10. The molecule has 2 nitrogen and oxygen atoms in total. The largest absolute Gasteiger partial charge is 0.342 e. The Balaban J connectivity index is 2.45. The number of amides is 1. The van der Waals surface area contributed by atoms with Crippen LogP contribution in [0.1, 0.15) is 33.1 Å². The lowest BCUT2D eigenvalue weighted by Crippen LogP contribution is -2.41. The SMILES string of the molecule is CC(C)C(S)C(=O)N1CCCCC1. The first-order valence-corrected chi connectivity index (χ1v) is 5.61. The molecule has 1 heterocycles. The molecular weight excluding hydrogens is 182 g/mol. The molecule has 0 saturated carbocycles. The fourth-order valence-corrected chi connectivity index (χ4v) is 1.75. The summed E-state index contributed by atoms with van der Waals surface area (Å²) in [4.78, 5) is 13.7. The van der Waals surface area contributed by atoms with Crippen molar-refractivity contribution in [3.63, 3.8) is 0 Å². The Morgan fingerprint density at radius 1 is 1.23 bits per heavy atom. The van der Waals surface area contributed by atoms with E-state index in [0.717, 1.165) is 25.9 Å². The maximum atomic E-state index is 11.8. The molecule has 0 aromatic carbocycles. The van der Waals surface area contributed by atoms with Gasteiger partial charge in [-0.15, -0.1) is 0 Å². The van der Waals surface area contributed by atoms with E-state index in [1.165, 1.54) is 6.42 Å². The molecule has 1 saturated heterocycles. The van der Waals surface area contributed by atoms with Crippen molar-refractivity contribution in [2.24, 2.45) is 5.92 Å². The maximum Gasteiger partial charge on any atom is 0.235 e. The van der Waals surface area contributed by atoms with Gasteiger partial charge in [-0.05, 0) is 25.2 Å². The molecule has 1 amide bonds. The van der Waals surface area contributed by atoms with Gasteiger partial charge in [-0.2, -0.15) is 12.6 Å². The lowest BCUT2D eigenvalue weighted by atomic mass is 10.1. The molecule has 0 aromatic rings. The van der Waals surface area contributed by atoms with Crippen molar-refractivity contribution in [3.05, 3.63) is 0 Å². The molecule has 1 aliphatic heterocycles. The van der Waals surface area contributed by atoms with Crippen molar-refractivity contribution in [3.8, 4) is 0 Å². The maximum absolute atomic E-state index is 11.8. The van der Waals surface area contributed by atoms with E-state index in [9.17, 15) is 4.79 Å². The van der Waals surface area contributed by atoms with Crippen LogP contribution in [0.3, 0.4) is 0 Å². The van der Waals surface area contributed by atoms with Crippen LogP contribution in [0, 0.1) is 5.92 Å². The summed E-state index contributed by atoms with van der Waals surface area (Å²) < 4.78 is 0. The zero-order valence-electron chi connectivity index (χ0n) is 8.49. The van der Waals surface area contributed by atoms with Crippen molar-refractivity contribution >= 4 is 18.5 Å². The Hall–Kier alpha value is -0.180.